The third-order valence-corrected chi connectivity index (χ3v) is 4.04. The van der Waals surface area contributed by atoms with Crippen molar-refractivity contribution in [3.05, 3.63) is 23.7 Å². The summed E-state index contributed by atoms with van der Waals surface area (Å²) >= 11 is 0. The number of nitrogens with one attached hydrogen (secondary N) is 1. The summed E-state index contributed by atoms with van der Waals surface area (Å²) in [7, 11) is 0. The van der Waals surface area contributed by atoms with Gasteiger partial charge in [-0.2, -0.15) is 0 Å². The predicted molar refractivity (Wildman–Crippen MR) is 72.6 cm³/mol. The maximum Gasteiger partial charge on any atom is 0.227 e. The number of aryl methyl sites for hydroxylation is 1. The van der Waals surface area contributed by atoms with Gasteiger partial charge in [-0.25, -0.2) is 0 Å². The predicted octanol–water partition coefficient (Wildman–Crippen LogP) is 2.08. The molecule has 1 N–H and O–H groups in total. The lowest BCUT2D eigenvalue weighted by Crippen LogP contribution is -2.43. The van der Waals surface area contributed by atoms with Crippen molar-refractivity contribution in [3.63, 3.8) is 0 Å². The average Bonchev–Trinajstić information content (AvgIpc) is 3.20. The van der Waals surface area contributed by atoms with Gasteiger partial charge in [0.2, 0.25) is 5.91 Å². The van der Waals surface area contributed by atoms with Crippen LogP contribution in [0.25, 0.3) is 0 Å². The first-order valence-corrected chi connectivity index (χ1v) is 7.30. The topological polar surface area (TPSA) is 45.5 Å². The molecule has 3 rings (SSSR count). The van der Waals surface area contributed by atoms with Crippen molar-refractivity contribution in [3.8, 4) is 0 Å². The second kappa shape index (κ2) is 5.37. The average molecular weight is 262 g/mol. The summed E-state index contributed by atoms with van der Waals surface area (Å²) in [6.45, 7) is 4.45. The summed E-state index contributed by atoms with van der Waals surface area (Å²) in [6, 6.07) is 4.39. The van der Waals surface area contributed by atoms with Gasteiger partial charge in [-0.05, 0) is 51.3 Å². The van der Waals surface area contributed by atoms with Gasteiger partial charge in [-0.1, -0.05) is 0 Å². The molecule has 1 saturated heterocycles. The van der Waals surface area contributed by atoms with Gasteiger partial charge in [0.05, 0.1) is 12.5 Å². The Morgan fingerprint density at radius 3 is 2.84 bits per heavy atom. The van der Waals surface area contributed by atoms with E-state index < -0.39 is 0 Å². The van der Waals surface area contributed by atoms with Crippen molar-refractivity contribution in [2.45, 2.75) is 45.2 Å². The van der Waals surface area contributed by atoms with E-state index >= 15 is 0 Å². The van der Waals surface area contributed by atoms with Crippen LogP contribution in [0.4, 0.5) is 0 Å². The second-order valence-corrected chi connectivity index (χ2v) is 5.75. The molecule has 0 spiro atoms. The lowest BCUT2D eigenvalue weighted by molar-refractivity contribution is -0.137. The molecule has 1 aliphatic heterocycles. The Bertz CT molecular complexity index is 445. The molecular formula is C15H22N2O2. The van der Waals surface area contributed by atoms with Gasteiger partial charge < -0.3 is 14.6 Å². The van der Waals surface area contributed by atoms with Crippen LogP contribution in [0.3, 0.4) is 0 Å². The van der Waals surface area contributed by atoms with Crippen LogP contribution in [0, 0.1) is 12.8 Å². The molecule has 1 amide bonds. The number of piperidine rings is 1. The number of amides is 1. The number of carbonyl (C=O) groups is 1. The molecule has 4 nitrogen and oxygen atoms in total. The van der Waals surface area contributed by atoms with E-state index in [1.54, 1.807) is 0 Å². The molecule has 0 unspecified atom stereocenters. The molecule has 2 heterocycles. The Balaban J connectivity index is 1.67. The van der Waals surface area contributed by atoms with E-state index in [-0.39, 0.29) is 5.92 Å². The Kier molecular flexibility index (Phi) is 3.60. The highest BCUT2D eigenvalue weighted by atomic mass is 16.3. The van der Waals surface area contributed by atoms with Crippen molar-refractivity contribution in [1.82, 2.24) is 10.2 Å². The van der Waals surface area contributed by atoms with Gasteiger partial charge in [0.15, 0.2) is 0 Å². The molecule has 1 aromatic rings. The lowest BCUT2D eigenvalue weighted by Gasteiger charge is -2.29. The number of furan rings is 1. The van der Waals surface area contributed by atoms with Crippen LogP contribution in [-0.2, 0) is 11.3 Å². The summed E-state index contributed by atoms with van der Waals surface area (Å²) in [6.07, 6.45) is 4.41. The van der Waals surface area contributed by atoms with E-state index in [9.17, 15) is 4.79 Å². The zero-order valence-electron chi connectivity index (χ0n) is 11.5. The minimum atomic E-state index is 0.158. The number of rotatable bonds is 4. The quantitative estimate of drug-likeness (QED) is 0.903. The fourth-order valence-corrected chi connectivity index (χ4v) is 2.81. The van der Waals surface area contributed by atoms with E-state index in [0.717, 1.165) is 50.3 Å². The first-order valence-electron chi connectivity index (χ1n) is 7.30. The van der Waals surface area contributed by atoms with Crippen LogP contribution in [0.1, 0.15) is 37.2 Å². The molecule has 1 atom stereocenters. The van der Waals surface area contributed by atoms with Crippen molar-refractivity contribution in [1.29, 1.82) is 0 Å². The molecule has 104 valence electrons. The van der Waals surface area contributed by atoms with Crippen molar-refractivity contribution >= 4 is 5.91 Å². The molecule has 1 aromatic heterocycles. The van der Waals surface area contributed by atoms with Crippen LogP contribution in [0.15, 0.2) is 16.5 Å². The van der Waals surface area contributed by atoms with Gasteiger partial charge in [-0.15, -0.1) is 0 Å². The minimum Gasteiger partial charge on any atom is -0.464 e. The molecule has 4 heteroatoms. The maximum atomic E-state index is 12.6. The van der Waals surface area contributed by atoms with Crippen LogP contribution >= 0.6 is 0 Å². The van der Waals surface area contributed by atoms with Gasteiger partial charge >= 0.3 is 0 Å². The molecule has 0 aromatic carbocycles. The standard InChI is InChI=1S/C15H22N2O2/c1-11-4-7-14(19-11)10-17(13-5-6-13)15(18)12-3-2-8-16-9-12/h4,7,12-13,16H,2-3,5-6,8-10H2,1H3/t12-/m1/s1. The number of hydrogen-bond donors (Lipinski definition) is 1. The van der Waals surface area contributed by atoms with Gasteiger partial charge in [-0.3, -0.25) is 4.79 Å². The molecule has 2 fully saturated rings. The van der Waals surface area contributed by atoms with E-state index in [2.05, 4.69) is 5.32 Å². The summed E-state index contributed by atoms with van der Waals surface area (Å²) in [5.41, 5.74) is 0. The smallest absolute Gasteiger partial charge is 0.227 e. The fourth-order valence-electron chi connectivity index (χ4n) is 2.81. The summed E-state index contributed by atoms with van der Waals surface area (Å²) in [5, 5.41) is 3.33. The minimum absolute atomic E-state index is 0.158. The molecule has 0 radical (unpaired) electrons. The highest BCUT2D eigenvalue weighted by Crippen LogP contribution is 2.31. The van der Waals surface area contributed by atoms with Crippen LogP contribution < -0.4 is 5.32 Å². The largest absolute Gasteiger partial charge is 0.464 e. The first-order chi connectivity index (χ1) is 9.24. The van der Waals surface area contributed by atoms with Crippen LogP contribution in [0.5, 0.6) is 0 Å². The van der Waals surface area contributed by atoms with Crippen molar-refractivity contribution in [2.24, 2.45) is 5.92 Å². The second-order valence-electron chi connectivity index (χ2n) is 5.75. The third kappa shape index (κ3) is 3.00. The Morgan fingerprint density at radius 1 is 1.42 bits per heavy atom. The van der Waals surface area contributed by atoms with Gasteiger partial charge in [0.1, 0.15) is 11.5 Å². The number of carbonyl (C=O) groups excluding carboxylic acids is 1. The number of hydrogen-bond acceptors (Lipinski definition) is 3. The van der Waals surface area contributed by atoms with E-state index in [1.807, 2.05) is 24.0 Å². The summed E-state index contributed by atoms with van der Waals surface area (Å²) in [4.78, 5) is 14.7. The molecule has 2 aliphatic rings. The van der Waals surface area contributed by atoms with Crippen molar-refractivity contribution < 1.29 is 9.21 Å². The Labute approximate surface area is 114 Å². The Morgan fingerprint density at radius 2 is 2.26 bits per heavy atom. The lowest BCUT2D eigenvalue weighted by atomic mass is 9.98. The molecule has 19 heavy (non-hydrogen) atoms. The van der Waals surface area contributed by atoms with E-state index in [0.29, 0.717) is 18.5 Å². The molecule has 1 saturated carbocycles. The van der Waals surface area contributed by atoms with Gasteiger partial charge in [0, 0.05) is 12.6 Å². The Hall–Kier alpha value is -1.29. The molecular weight excluding hydrogens is 240 g/mol. The SMILES string of the molecule is Cc1ccc(CN(C(=O)[C@@H]2CCCNC2)C2CC2)o1. The van der Waals surface area contributed by atoms with Gasteiger partial charge in [0.25, 0.3) is 0 Å². The summed E-state index contributed by atoms with van der Waals surface area (Å²) < 4.78 is 5.62. The monoisotopic (exact) mass is 262 g/mol. The van der Waals surface area contributed by atoms with Crippen LogP contribution in [-0.4, -0.2) is 29.9 Å². The zero-order valence-corrected chi connectivity index (χ0v) is 11.5. The molecule has 0 bridgehead atoms. The van der Waals surface area contributed by atoms with Crippen LogP contribution in [0.2, 0.25) is 0 Å². The highest BCUT2D eigenvalue weighted by molar-refractivity contribution is 5.79. The normalized spacial score (nSPS) is 23.3. The number of nitrogens with zero attached hydrogens (tertiary/aromatic N) is 1. The highest BCUT2D eigenvalue weighted by Gasteiger charge is 2.36. The van der Waals surface area contributed by atoms with E-state index in [4.69, 9.17) is 4.42 Å². The third-order valence-electron chi connectivity index (χ3n) is 4.04. The van der Waals surface area contributed by atoms with E-state index in [1.165, 1.54) is 0 Å². The fraction of sp³-hybridized carbons (Fsp3) is 0.667. The zero-order chi connectivity index (χ0) is 13.2. The van der Waals surface area contributed by atoms with Crippen molar-refractivity contribution in [2.75, 3.05) is 13.1 Å². The molecule has 1 aliphatic carbocycles. The maximum absolute atomic E-state index is 12.6. The summed E-state index contributed by atoms with van der Waals surface area (Å²) in [5.74, 6) is 2.29. The first kappa shape index (κ1) is 12.7.